The maximum atomic E-state index is 12.2. The van der Waals surface area contributed by atoms with E-state index in [1.807, 2.05) is 33.8 Å². The molecule has 2 amide bonds. The van der Waals surface area contributed by atoms with Crippen LogP contribution >= 0.6 is 11.6 Å². The lowest BCUT2D eigenvalue weighted by molar-refractivity contribution is -0.126. The lowest BCUT2D eigenvalue weighted by atomic mass is 10.1. The van der Waals surface area contributed by atoms with Crippen LogP contribution in [0.15, 0.2) is 18.2 Å². The molecule has 2 rings (SSSR count). The highest BCUT2D eigenvalue weighted by Crippen LogP contribution is 2.40. The molecule has 2 N–H and O–H groups in total. The van der Waals surface area contributed by atoms with Gasteiger partial charge in [-0.05, 0) is 51.8 Å². The lowest BCUT2D eigenvalue weighted by Gasteiger charge is -2.20. The van der Waals surface area contributed by atoms with Crippen LogP contribution in [0.25, 0.3) is 0 Å². The highest BCUT2D eigenvalue weighted by atomic mass is 35.5. The van der Waals surface area contributed by atoms with E-state index < -0.39 is 0 Å². The quantitative estimate of drug-likeness (QED) is 0.901. The Bertz CT molecular complexity index is 578. The fourth-order valence-electron chi connectivity index (χ4n) is 2.21. The highest BCUT2D eigenvalue weighted by Gasteiger charge is 2.48. The van der Waals surface area contributed by atoms with E-state index in [0.29, 0.717) is 17.1 Å². The van der Waals surface area contributed by atoms with Crippen molar-refractivity contribution < 1.29 is 9.59 Å². The second kappa shape index (κ2) is 5.68. The maximum Gasteiger partial charge on any atom is 0.228 e. The first kappa shape index (κ1) is 15.8. The minimum atomic E-state index is -0.274. The Hall–Kier alpha value is -1.55. The summed E-state index contributed by atoms with van der Waals surface area (Å²) >= 11 is 6.03. The topological polar surface area (TPSA) is 58.2 Å². The van der Waals surface area contributed by atoms with Crippen LogP contribution in [0.4, 0.5) is 5.69 Å². The Labute approximate surface area is 130 Å². The molecule has 1 fully saturated rings. The van der Waals surface area contributed by atoms with Crippen LogP contribution in [-0.2, 0) is 9.59 Å². The molecule has 0 bridgehead atoms. The van der Waals surface area contributed by atoms with Crippen LogP contribution in [0.2, 0.25) is 5.02 Å². The number of hydrogen-bond donors (Lipinski definition) is 2. The number of benzene rings is 1. The molecule has 21 heavy (non-hydrogen) atoms. The maximum absolute atomic E-state index is 12.2. The van der Waals surface area contributed by atoms with Gasteiger partial charge in [-0.2, -0.15) is 0 Å². The second-order valence-electron chi connectivity index (χ2n) is 6.59. The Balaban J connectivity index is 1.95. The second-order valence-corrected chi connectivity index (χ2v) is 7.00. The summed E-state index contributed by atoms with van der Waals surface area (Å²) in [4.78, 5) is 24.2. The number of anilines is 1. The van der Waals surface area contributed by atoms with E-state index in [4.69, 9.17) is 11.6 Å². The molecule has 2 atom stereocenters. The van der Waals surface area contributed by atoms with Crippen molar-refractivity contribution in [3.63, 3.8) is 0 Å². The van der Waals surface area contributed by atoms with Crippen LogP contribution < -0.4 is 10.6 Å². The first-order valence-corrected chi connectivity index (χ1v) is 7.45. The lowest BCUT2D eigenvalue weighted by Crippen LogP contribution is -2.42. The minimum absolute atomic E-state index is 0.0505. The molecule has 1 aromatic carbocycles. The van der Waals surface area contributed by atoms with Crippen LogP contribution in [0.5, 0.6) is 0 Å². The van der Waals surface area contributed by atoms with E-state index in [9.17, 15) is 9.59 Å². The van der Waals surface area contributed by atoms with Crippen LogP contribution in [0.1, 0.15) is 32.8 Å². The van der Waals surface area contributed by atoms with Gasteiger partial charge in [0, 0.05) is 16.2 Å². The van der Waals surface area contributed by atoms with E-state index in [2.05, 4.69) is 10.6 Å². The molecule has 4 nitrogen and oxygen atoms in total. The van der Waals surface area contributed by atoms with Crippen molar-refractivity contribution in [2.75, 3.05) is 5.32 Å². The smallest absolute Gasteiger partial charge is 0.228 e. The first-order valence-electron chi connectivity index (χ1n) is 7.07. The molecule has 5 heteroatoms. The SMILES string of the molecule is Cc1c(Cl)cccc1NC(=O)C1CC1C(=O)NC(C)(C)C. The van der Waals surface area contributed by atoms with Gasteiger partial charge in [0.15, 0.2) is 0 Å². The molecule has 1 aliphatic carbocycles. The molecular formula is C16H21ClN2O2. The fourth-order valence-corrected chi connectivity index (χ4v) is 2.38. The summed E-state index contributed by atoms with van der Waals surface area (Å²) in [7, 11) is 0. The van der Waals surface area contributed by atoms with Gasteiger partial charge in [0.05, 0.1) is 11.8 Å². The molecule has 1 aromatic rings. The van der Waals surface area contributed by atoms with E-state index in [0.717, 1.165) is 5.56 Å². The first-order chi connectivity index (χ1) is 9.69. The average molecular weight is 309 g/mol. The third-order valence-corrected chi connectivity index (χ3v) is 3.90. The minimum Gasteiger partial charge on any atom is -0.351 e. The van der Waals surface area contributed by atoms with Gasteiger partial charge in [-0.1, -0.05) is 17.7 Å². The summed E-state index contributed by atoms with van der Waals surface area (Å²) in [6.45, 7) is 7.64. The molecule has 0 aliphatic heterocycles. The molecule has 2 unspecified atom stereocenters. The van der Waals surface area contributed by atoms with E-state index >= 15 is 0 Å². The number of halogens is 1. The van der Waals surface area contributed by atoms with Gasteiger partial charge in [0.2, 0.25) is 11.8 Å². The standard InChI is InChI=1S/C16H21ClN2O2/c1-9-12(17)6-5-7-13(9)18-14(20)10-8-11(10)15(21)19-16(2,3)4/h5-7,10-11H,8H2,1-4H3,(H,18,20)(H,19,21). The molecule has 0 saturated heterocycles. The number of hydrogen-bond acceptors (Lipinski definition) is 2. The monoisotopic (exact) mass is 308 g/mol. The molecular weight excluding hydrogens is 288 g/mol. The predicted octanol–water partition coefficient (Wildman–Crippen LogP) is 3.14. The van der Waals surface area contributed by atoms with Crippen molar-refractivity contribution in [1.82, 2.24) is 5.32 Å². The summed E-state index contributed by atoms with van der Waals surface area (Å²) in [5, 5.41) is 6.38. The van der Waals surface area contributed by atoms with Crippen molar-refractivity contribution in [3.05, 3.63) is 28.8 Å². The van der Waals surface area contributed by atoms with Gasteiger partial charge < -0.3 is 10.6 Å². The Morgan fingerprint density at radius 2 is 1.81 bits per heavy atom. The summed E-state index contributed by atoms with van der Waals surface area (Å²) in [6.07, 6.45) is 0.605. The number of amides is 2. The highest BCUT2D eigenvalue weighted by molar-refractivity contribution is 6.31. The van der Waals surface area contributed by atoms with Gasteiger partial charge in [-0.25, -0.2) is 0 Å². The fraction of sp³-hybridized carbons (Fsp3) is 0.500. The van der Waals surface area contributed by atoms with Crippen molar-refractivity contribution in [2.24, 2.45) is 11.8 Å². The molecule has 1 aliphatic rings. The molecule has 0 heterocycles. The van der Waals surface area contributed by atoms with Crippen molar-refractivity contribution in [1.29, 1.82) is 0 Å². The summed E-state index contributed by atoms with van der Waals surface area (Å²) in [5.74, 6) is -0.630. The molecule has 0 spiro atoms. The normalized spacial score (nSPS) is 20.8. The predicted molar refractivity (Wildman–Crippen MR) is 84.3 cm³/mol. The van der Waals surface area contributed by atoms with Crippen molar-refractivity contribution >= 4 is 29.1 Å². The average Bonchev–Trinajstić information content (AvgIpc) is 3.13. The van der Waals surface area contributed by atoms with Gasteiger partial charge in [0.1, 0.15) is 0 Å². The third-order valence-electron chi connectivity index (χ3n) is 3.49. The summed E-state index contributed by atoms with van der Waals surface area (Å²) in [5.41, 5.74) is 1.27. The Morgan fingerprint density at radius 1 is 1.19 bits per heavy atom. The van der Waals surface area contributed by atoms with Gasteiger partial charge >= 0.3 is 0 Å². The molecule has 1 saturated carbocycles. The number of carbonyl (C=O) groups is 2. The van der Waals surface area contributed by atoms with Gasteiger partial charge in [-0.3, -0.25) is 9.59 Å². The summed E-state index contributed by atoms with van der Waals surface area (Å²) in [6, 6.07) is 5.39. The zero-order valence-corrected chi connectivity index (χ0v) is 13.5. The number of carbonyl (C=O) groups excluding carboxylic acids is 2. The van der Waals surface area contributed by atoms with Crippen molar-refractivity contribution in [2.45, 2.75) is 39.7 Å². The molecule has 0 aromatic heterocycles. The zero-order valence-electron chi connectivity index (χ0n) is 12.8. The van der Waals surface area contributed by atoms with Crippen LogP contribution in [0, 0.1) is 18.8 Å². The molecule has 0 radical (unpaired) electrons. The number of rotatable bonds is 3. The summed E-state index contributed by atoms with van der Waals surface area (Å²) < 4.78 is 0. The van der Waals surface area contributed by atoms with Gasteiger partial charge in [0.25, 0.3) is 0 Å². The zero-order chi connectivity index (χ0) is 15.8. The van der Waals surface area contributed by atoms with Crippen molar-refractivity contribution in [3.8, 4) is 0 Å². The van der Waals surface area contributed by atoms with E-state index in [1.165, 1.54) is 0 Å². The Kier molecular flexibility index (Phi) is 4.28. The third kappa shape index (κ3) is 3.97. The Morgan fingerprint density at radius 3 is 2.43 bits per heavy atom. The van der Waals surface area contributed by atoms with Crippen LogP contribution in [0.3, 0.4) is 0 Å². The van der Waals surface area contributed by atoms with E-state index in [-0.39, 0.29) is 29.2 Å². The van der Waals surface area contributed by atoms with E-state index in [1.54, 1.807) is 12.1 Å². The molecule has 114 valence electrons. The number of nitrogens with one attached hydrogen (secondary N) is 2. The largest absolute Gasteiger partial charge is 0.351 e. The van der Waals surface area contributed by atoms with Gasteiger partial charge in [-0.15, -0.1) is 0 Å². The van der Waals surface area contributed by atoms with Crippen LogP contribution in [-0.4, -0.2) is 17.4 Å².